The van der Waals surface area contributed by atoms with Crippen LogP contribution in [0.4, 0.5) is 0 Å². The Bertz CT molecular complexity index is 846. The normalized spacial score (nSPS) is 31.1. The zero-order valence-electron chi connectivity index (χ0n) is 16.7. The van der Waals surface area contributed by atoms with E-state index in [-0.39, 0.29) is 35.7 Å². The second-order valence-electron chi connectivity index (χ2n) is 9.22. The molecule has 160 valence electrons. The Morgan fingerprint density at radius 1 is 1.14 bits per heavy atom. The lowest BCUT2D eigenvalue weighted by Crippen LogP contribution is -2.53. The monoisotopic (exact) mass is 422 g/mol. The van der Waals surface area contributed by atoms with Gasteiger partial charge < -0.3 is 15.2 Å². The summed E-state index contributed by atoms with van der Waals surface area (Å²) in [6.07, 6.45) is 7.20. The third kappa shape index (κ3) is 4.09. The highest BCUT2D eigenvalue weighted by Crippen LogP contribution is 2.41. The zero-order chi connectivity index (χ0) is 20.0. The van der Waals surface area contributed by atoms with Gasteiger partial charge in [0.2, 0.25) is 10.0 Å². The summed E-state index contributed by atoms with van der Waals surface area (Å²) in [6.45, 7) is 1.82. The highest BCUT2D eigenvalue weighted by molar-refractivity contribution is 7.89. The fourth-order valence-corrected chi connectivity index (χ4v) is 7.75. The minimum Gasteiger partial charge on any atom is -0.360 e. The summed E-state index contributed by atoms with van der Waals surface area (Å²) >= 11 is 0. The van der Waals surface area contributed by atoms with Crippen molar-refractivity contribution in [3.8, 4) is 0 Å². The molecule has 4 fully saturated rings. The lowest BCUT2D eigenvalue weighted by atomic mass is 9.99. The van der Waals surface area contributed by atoms with Gasteiger partial charge in [-0.25, -0.2) is 8.42 Å². The molecule has 3 aliphatic heterocycles. The predicted octanol–water partition coefficient (Wildman–Crippen LogP) is 1.61. The molecule has 5 rings (SSSR count). The highest BCUT2D eigenvalue weighted by atomic mass is 32.2. The first-order valence-electron chi connectivity index (χ1n) is 11.0. The fraction of sp³-hybridized carbons (Fsp3) is 0.800. The van der Waals surface area contributed by atoms with Gasteiger partial charge in [0.1, 0.15) is 5.76 Å². The molecule has 4 heterocycles. The molecule has 1 aromatic heterocycles. The number of amides is 1. The van der Waals surface area contributed by atoms with Crippen LogP contribution in [0.2, 0.25) is 0 Å². The largest absolute Gasteiger partial charge is 0.360 e. The van der Waals surface area contributed by atoms with Gasteiger partial charge in [0.25, 0.3) is 5.91 Å². The Morgan fingerprint density at radius 2 is 1.83 bits per heavy atom. The average molecular weight is 423 g/mol. The van der Waals surface area contributed by atoms with Crippen LogP contribution in [0.15, 0.2) is 10.6 Å². The lowest BCUT2D eigenvalue weighted by molar-refractivity contribution is 0.0900. The molecule has 0 aromatic carbocycles. The molecule has 9 heteroatoms. The smallest absolute Gasteiger partial charge is 0.273 e. The summed E-state index contributed by atoms with van der Waals surface area (Å²) in [5.41, 5.74) is 0.334. The number of nitrogens with one attached hydrogen (secondary N) is 2. The van der Waals surface area contributed by atoms with Crippen molar-refractivity contribution in [2.24, 2.45) is 5.92 Å². The van der Waals surface area contributed by atoms with Crippen molar-refractivity contribution >= 4 is 15.9 Å². The van der Waals surface area contributed by atoms with E-state index in [4.69, 9.17) is 4.52 Å². The molecule has 2 unspecified atom stereocenters. The molecule has 3 saturated heterocycles. The molecule has 8 nitrogen and oxygen atoms in total. The SMILES string of the molecule is O=C(NC1CC2CCC(C1)N2S(=O)(=O)CC1CCNCC1)c1cc(C2CC2)on1. The van der Waals surface area contributed by atoms with E-state index in [2.05, 4.69) is 15.8 Å². The first kappa shape index (κ1) is 19.5. The summed E-state index contributed by atoms with van der Waals surface area (Å²) in [5.74, 6) is 1.53. The standard InChI is InChI=1S/C20H30N4O4S/c25-20(18-11-19(28-23-18)14-1-2-14)22-15-9-16-3-4-17(10-15)24(16)29(26,27)12-13-5-7-21-8-6-13/h11,13-17,21H,1-10,12H2,(H,22,25). The van der Waals surface area contributed by atoms with Gasteiger partial charge in [0, 0.05) is 30.1 Å². The van der Waals surface area contributed by atoms with Crippen LogP contribution in [-0.4, -0.2) is 60.8 Å². The van der Waals surface area contributed by atoms with Crippen LogP contribution in [0, 0.1) is 5.92 Å². The number of nitrogens with zero attached hydrogens (tertiary/aromatic N) is 2. The lowest BCUT2D eigenvalue weighted by Gasteiger charge is -2.39. The average Bonchev–Trinajstić information content (AvgIpc) is 3.34. The summed E-state index contributed by atoms with van der Waals surface area (Å²) in [6, 6.07) is 1.75. The number of piperidine rings is 2. The Morgan fingerprint density at radius 3 is 2.48 bits per heavy atom. The van der Waals surface area contributed by atoms with Crippen LogP contribution >= 0.6 is 0 Å². The van der Waals surface area contributed by atoms with Crippen LogP contribution in [0.3, 0.4) is 0 Å². The van der Waals surface area contributed by atoms with E-state index in [1.165, 1.54) is 0 Å². The Labute approximate surface area is 171 Å². The van der Waals surface area contributed by atoms with Crippen molar-refractivity contribution < 1.29 is 17.7 Å². The van der Waals surface area contributed by atoms with Gasteiger partial charge in [0.05, 0.1) is 5.75 Å². The van der Waals surface area contributed by atoms with Crippen LogP contribution in [-0.2, 0) is 10.0 Å². The van der Waals surface area contributed by atoms with Gasteiger partial charge in [-0.1, -0.05) is 5.16 Å². The minimum atomic E-state index is -3.26. The van der Waals surface area contributed by atoms with E-state index in [9.17, 15) is 13.2 Å². The fourth-order valence-electron chi connectivity index (χ4n) is 5.35. The molecular formula is C20H30N4O4S. The number of carbonyl (C=O) groups is 1. The highest BCUT2D eigenvalue weighted by Gasteiger charge is 2.47. The molecule has 4 aliphatic rings. The van der Waals surface area contributed by atoms with Crippen molar-refractivity contribution in [3.05, 3.63) is 17.5 Å². The quantitative estimate of drug-likeness (QED) is 0.722. The number of aromatic nitrogens is 1. The molecule has 1 aliphatic carbocycles. The topological polar surface area (TPSA) is 105 Å². The van der Waals surface area contributed by atoms with E-state index < -0.39 is 10.0 Å². The molecule has 2 bridgehead atoms. The van der Waals surface area contributed by atoms with E-state index in [0.29, 0.717) is 24.5 Å². The van der Waals surface area contributed by atoms with E-state index >= 15 is 0 Å². The summed E-state index contributed by atoms with van der Waals surface area (Å²) in [4.78, 5) is 12.6. The van der Waals surface area contributed by atoms with Crippen LogP contribution in [0.25, 0.3) is 0 Å². The summed E-state index contributed by atoms with van der Waals surface area (Å²) in [5, 5.41) is 10.3. The molecule has 1 saturated carbocycles. The van der Waals surface area contributed by atoms with Gasteiger partial charge in [-0.05, 0) is 70.4 Å². The van der Waals surface area contributed by atoms with Gasteiger partial charge in [-0.3, -0.25) is 4.79 Å². The number of rotatable bonds is 6. The number of fused-ring (bicyclic) bond motifs is 2. The molecule has 2 N–H and O–H groups in total. The first-order chi connectivity index (χ1) is 14.0. The van der Waals surface area contributed by atoms with Gasteiger partial charge in [-0.15, -0.1) is 0 Å². The van der Waals surface area contributed by atoms with Crippen LogP contribution in [0.5, 0.6) is 0 Å². The second-order valence-corrected chi connectivity index (χ2v) is 11.1. The summed E-state index contributed by atoms with van der Waals surface area (Å²) in [7, 11) is -3.26. The van der Waals surface area contributed by atoms with Crippen LogP contribution < -0.4 is 10.6 Å². The van der Waals surface area contributed by atoms with E-state index in [1.54, 1.807) is 10.4 Å². The molecule has 1 amide bonds. The van der Waals surface area contributed by atoms with Crippen LogP contribution in [0.1, 0.15) is 73.5 Å². The maximum Gasteiger partial charge on any atom is 0.273 e. The van der Waals surface area contributed by atoms with Crippen molar-refractivity contribution in [1.29, 1.82) is 0 Å². The van der Waals surface area contributed by atoms with Crippen molar-refractivity contribution in [3.63, 3.8) is 0 Å². The Hall–Kier alpha value is -1.45. The zero-order valence-corrected chi connectivity index (χ0v) is 17.5. The van der Waals surface area contributed by atoms with Gasteiger partial charge in [0.15, 0.2) is 5.69 Å². The Balaban J connectivity index is 1.20. The molecule has 2 atom stereocenters. The van der Waals surface area contributed by atoms with Crippen molar-refractivity contribution in [2.45, 2.75) is 75.4 Å². The predicted molar refractivity (Wildman–Crippen MR) is 107 cm³/mol. The maximum absolute atomic E-state index is 13.1. The minimum absolute atomic E-state index is 0.00472. The molecule has 0 spiro atoms. The molecular weight excluding hydrogens is 392 g/mol. The molecule has 1 aromatic rings. The number of hydrogen-bond acceptors (Lipinski definition) is 6. The molecule has 0 radical (unpaired) electrons. The first-order valence-corrected chi connectivity index (χ1v) is 12.6. The van der Waals surface area contributed by atoms with Gasteiger partial charge >= 0.3 is 0 Å². The third-order valence-corrected chi connectivity index (χ3v) is 9.10. The van der Waals surface area contributed by atoms with Gasteiger partial charge in [-0.2, -0.15) is 4.31 Å². The number of sulfonamides is 1. The second kappa shape index (κ2) is 7.67. The van der Waals surface area contributed by atoms with Crippen molar-refractivity contribution in [2.75, 3.05) is 18.8 Å². The molecule has 29 heavy (non-hydrogen) atoms. The number of hydrogen-bond donors (Lipinski definition) is 2. The maximum atomic E-state index is 13.1. The number of carbonyl (C=O) groups excluding carboxylic acids is 1. The van der Waals surface area contributed by atoms with E-state index in [0.717, 1.165) is 57.4 Å². The van der Waals surface area contributed by atoms with E-state index in [1.807, 2.05) is 0 Å². The Kier molecular flexibility index (Phi) is 5.16. The summed E-state index contributed by atoms with van der Waals surface area (Å²) < 4.78 is 33.3. The van der Waals surface area contributed by atoms with Crippen molar-refractivity contribution in [1.82, 2.24) is 20.1 Å². The third-order valence-electron chi connectivity index (χ3n) is 6.97.